The van der Waals surface area contributed by atoms with Gasteiger partial charge in [0.05, 0.1) is 13.1 Å². The zero-order valence-corrected chi connectivity index (χ0v) is 14.3. The second kappa shape index (κ2) is 9.87. The lowest BCUT2D eigenvalue weighted by Gasteiger charge is -2.11. The van der Waals surface area contributed by atoms with Gasteiger partial charge in [0.15, 0.2) is 5.96 Å². The number of thiophene rings is 1. The number of hydrogen-bond acceptors (Lipinski definition) is 3. The van der Waals surface area contributed by atoms with Crippen molar-refractivity contribution in [3.8, 4) is 5.75 Å². The second-order valence-electron chi connectivity index (χ2n) is 4.98. The molecule has 1 aromatic heterocycles. The van der Waals surface area contributed by atoms with E-state index in [0.717, 1.165) is 12.1 Å². The molecule has 0 saturated carbocycles. The first-order valence-electron chi connectivity index (χ1n) is 7.72. The molecule has 2 aromatic rings. The van der Waals surface area contributed by atoms with Crippen LogP contribution in [-0.4, -0.2) is 25.5 Å². The van der Waals surface area contributed by atoms with Gasteiger partial charge < -0.3 is 15.4 Å². The Hall–Kier alpha value is -2.15. The Balaban J connectivity index is 1.93. The van der Waals surface area contributed by atoms with Gasteiger partial charge in [0.2, 0.25) is 0 Å². The molecule has 4 nitrogen and oxygen atoms in total. The van der Waals surface area contributed by atoms with Gasteiger partial charge in [-0.2, -0.15) is 0 Å². The van der Waals surface area contributed by atoms with Crippen molar-refractivity contribution in [2.24, 2.45) is 4.99 Å². The maximum atomic E-state index is 12.2. The Morgan fingerprint density at radius 3 is 2.83 bits per heavy atom. The highest BCUT2D eigenvalue weighted by Crippen LogP contribution is 2.15. The van der Waals surface area contributed by atoms with E-state index in [0.29, 0.717) is 24.8 Å². The van der Waals surface area contributed by atoms with Crippen LogP contribution in [0.1, 0.15) is 17.4 Å². The van der Waals surface area contributed by atoms with E-state index in [4.69, 9.17) is 4.74 Å². The molecule has 0 atom stereocenters. The molecule has 0 fully saturated rings. The molecule has 1 heterocycles. The molecular weight excluding hydrogens is 332 g/mol. The van der Waals surface area contributed by atoms with Gasteiger partial charge in [-0.25, -0.2) is 13.8 Å². The molecule has 0 spiro atoms. The number of ether oxygens (including phenoxy) is 1. The topological polar surface area (TPSA) is 45.7 Å². The third-order valence-corrected chi connectivity index (χ3v) is 3.92. The Kier molecular flexibility index (Phi) is 7.48. The highest BCUT2D eigenvalue weighted by atomic mass is 32.1. The van der Waals surface area contributed by atoms with Gasteiger partial charge in [-0.3, -0.25) is 0 Å². The van der Waals surface area contributed by atoms with Crippen molar-refractivity contribution in [2.45, 2.75) is 26.4 Å². The number of benzene rings is 1. The predicted octanol–water partition coefficient (Wildman–Crippen LogP) is 3.65. The van der Waals surface area contributed by atoms with Crippen LogP contribution in [0.2, 0.25) is 0 Å². The van der Waals surface area contributed by atoms with Crippen LogP contribution in [0.4, 0.5) is 8.78 Å². The lowest BCUT2D eigenvalue weighted by atomic mass is 10.2. The number of nitrogens with one attached hydrogen (secondary N) is 2. The fraction of sp³-hybridized carbons (Fsp3) is 0.353. The summed E-state index contributed by atoms with van der Waals surface area (Å²) in [6.45, 7) is 3.30. The van der Waals surface area contributed by atoms with Crippen molar-refractivity contribution in [2.75, 3.05) is 13.2 Å². The highest BCUT2D eigenvalue weighted by Gasteiger charge is 2.04. The number of rotatable bonds is 8. The van der Waals surface area contributed by atoms with E-state index >= 15 is 0 Å². The normalized spacial score (nSPS) is 11.6. The second-order valence-corrected chi connectivity index (χ2v) is 6.01. The van der Waals surface area contributed by atoms with Crippen LogP contribution in [0.5, 0.6) is 5.75 Å². The highest BCUT2D eigenvalue weighted by molar-refractivity contribution is 7.09. The van der Waals surface area contributed by atoms with Gasteiger partial charge in [-0.15, -0.1) is 11.3 Å². The molecular formula is C17H21F2N3OS. The lowest BCUT2D eigenvalue weighted by molar-refractivity contribution is 0.0818. The molecule has 0 aliphatic carbocycles. The molecule has 0 aliphatic heterocycles. The number of hydrogen-bond donors (Lipinski definition) is 2. The first-order chi connectivity index (χ1) is 11.7. The molecule has 0 saturated heterocycles. The third kappa shape index (κ3) is 6.54. The molecule has 0 bridgehead atoms. The third-order valence-electron chi connectivity index (χ3n) is 3.05. The summed E-state index contributed by atoms with van der Waals surface area (Å²) < 4.78 is 29.4. The molecule has 0 amide bonds. The molecule has 0 radical (unpaired) electrons. The number of halogens is 2. The summed E-state index contributed by atoms with van der Waals surface area (Å²) in [5, 5.41) is 8.48. The van der Waals surface area contributed by atoms with Gasteiger partial charge in [0.1, 0.15) is 12.4 Å². The van der Waals surface area contributed by atoms with Crippen molar-refractivity contribution < 1.29 is 13.5 Å². The summed E-state index contributed by atoms with van der Waals surface area (Å²) in [4.78, 5) is 5.74. The van der Waals surface area contributed by atoms with Gasteiger partial charge >= 0.3 is 0 Å². The standard InChI is InChI=1S/C17H21F2N3OS/c1-2-20-17(22-11-15-7-4-8-24-15)21-10-13-5-3-6-14(9-13)23-12-16(18)19/h3-9,16H,2,10-12H2,1H3,(H2,20,21,22). The van der Waals surface area contributed by atoms with Crippen LogP contribution in [0, 0.1) is 0 Å². The summed E-state index contributed by atoms with van der Waals surface area (Å²) >= 11 is 1.68. The minimum atomic E-state index is -2.48. The molecule has 0 aliphatic rings. The quantitative estimate of drug-likeness (QED) is 0.562. The van der Waals surface area contributed by atoms with Crippen LogP contribution in [0.15, 0.2) is 46.8 Å². The molecule has 1 aromatic carbocycles. The monoisotopic (exact) mass is 353 g/mol. The number of alkyl halides is 2. The van der Waals surface area contributed by atoms with Gasteiger partial charge in [0, 0.05) is 11.4 Å². The summed E-state index contributed by atoms with van der Waals surface area (Å²) in [6.07, 6.45) is -2.48. The average Bonchev–Trinajstić information content (AvgIpc) is 3.09. The van der Waals surface area contributed by atoms with E-state index in [-0.39, 0.29) is 0 Å². The van der Waals surface area contributed by atoms with Gasteiger partial charge in [0.25, 0.3) is 6.43 Å². The largest absolute Gasteiger partial charge is 0.488 e. The number of guanidine groups is 1. The Morgan fingerprint density at radius 2 is 2.12 bits per heavy atom. The summed E-state index contributed by atoms with van der Waals surface area (Å²) in [5.41, 5.74) is 0.898. The molecule has 2 N–H and O–H groups in total. The maximum Gasteiger partial charge on any atom is 0.272 e. The minimum absolute atomic E-state index is 0.430. The minimum Gasteiger partial charge on any atom is -0.488 e. The first kappa shape index (κ1) is 18.2. The molecule has 2 rings (SSSR count). The van der Waals surface area contributed by atoms with E-state index in [2.05, 4.69) is 21.7 Å². The zero-order valence-electron chi connectivity index (χ0n) is 13.5. The van der Waals surface area contributed by atoms with Crippen molar-refractivity contribution in [3.63, 3.8) is 0 Å². The average molecular weight is 353 g/mol. The van der Waals surface area contributed by atoms with Crippen molar-refractivity contribution in [1.82, 2.24) is 10.6 Å². The summed E-state index contributed by atoms with van der Waals surface area (Å²) in [5.74, 6) is 1.14. The molecule has 24 heavy (non-hydrogen) atoms. The van der Waals surface area contributed by atoms with Gasteiger partial charge in [-0.05, 0) is 36.1 Å². The van der Waals surface area contributed by atoms with E-state index in [1.54, 1.807) is 29.5 Å². The Morgan fingerprint density at radius 1 is 1.25 bits per heavy atom. The first-order valence-corrected chi connectivity index (χ1v) is 8.59. The fourth-order valence-electron chi connectivity index (χ4n) is 1.99. The maximum absolute atomic E-state index is 12.2. The van der Waals surface area contributed by atoms with Crippen LogP contribution in [0.3, 0.4) is 0 Å². The van der Waals surface area contributed by atoms with Crippen LogP contribution in [-0.2, 0) is 13.1 Å². The van der Waals surface area contributed by atoms with E-state index < -0.39 is 13.0 Å². The van der Waals surface area contributed by atoms with E-state index in [1.807, 2.05) is 24.4 Å². The molecule has 7 heteroatoms. The summed E-state index contributed by atoms with van der Waals surface area (Å²) in [7, 11) is 0. The van der Waals surface area contributed by atoms with E-state index in [1.165, 1.54) is 4.88 Å². The molecule has 130 valence electrons. The van der Waals surface area contributed by atoms with Crippen molar-refractivity contribution in [1.29, 1.82) is 0 Å². The van der Waals surface area contributed by atoms with Crippen molar-refractivity contribution >= 4 is 17.3 Å². The smallest absolute Gasteiger partial charge is 0.272 e. The van der Waals surface area contributed by atoms with E-state index in [9.17, 15) is 8.78 Å². The fourth-order valence-corrected chi connectivity index (χ4v) is 2.63. The SMILES string of the molecule is CCNC(=NCc1cccc(OCC(F)F)c1)NCc1cccs1. The summed E-state index contributed by atoms with van der Waals surface area (Å²) in [6, 6.07) is 11.1. The Bertz CT molecular complexity index is 633. The lowest BCUT2D eigenvalue weighted by Crippen LogP contribution is -2.36. The predicted molar refractivity (Wildman–Crippen MR) is 93.9 cm³/mol. The number of nitrogens with zero attached hydrogens (tertiary/aromatic N) is 1. The Labute approximate surface area is 144 Å². The molecule has 0 unspecified atom stereocenters. The van der Waals surface area contributed by atoms with Crippen LogP contribution in [0.25, 0.3) is 0 Å². The van der Waals surface area contributed by atoms with Crippen LogP contribution >= 0.6 is 11.3 Å². The van der Waals surface area contributed by atoms with Gasteiger partial charge in [-0.1, -0.05) is 18.2 Å². The van der Waals surface area contributed by atoms with Crippen molar-refractivity contribution in [3.05, 3.63) is 52.2 Å². The van der Waals surface area contributed by atoms with Crippen LogP contribution < -0.4 is 15.4 Å². The number of aliphatic imine (C=N–C) groups is 1. The zero-order chi connectivity index (χ0) is 17.2.